The van der Waals surface area contributed by atoms with Gasteiger partial charge in [0.1, 0.15) is 18.5 Å². The fraction of sp³-hybridized carbons (Fsp3) is 0.286. The van der Waals surface area contributed by atoms with Crippen molar-refractivity contribution in [1.82, 2.24) is 14.9 Å². The lowest BCUT2D eigenvalue weighted by molar-refractivity contribution is -0.139. The van der Waals surface area contributed by atoms with E-state index in [0.717, 1.165) is 6.07 Å². The van der Waals surface area contributed by atoms with Gasteiger partial charge in [-0.15, -0.1) is 0 Å². The van der Waals surface area contributed by atoms with Gasteiger partial charge in [0, 0.05) is 12.5 Å². The molecule has 31 heavy (non-hydrogen) atoms. The zero-order valence-corrected chi connectivity index (χ0v) is 16.7. The fourth-order valence-electron chi connectivity index (χ4n) is 3.45. The molecule has 7 nitrogen and oxygen atoms in total. The Balaban J connectivity index is 1.67. The monoisotopic (exact) mass is 433 g/mol. The summed E-state index contributed by atoms with van der Waals surface area (Å²) in [6.45, 7) is 3.01. The summed E-state index contributed by atoms with van der Waals surface area (Å²) in [6.07, 6.45) is 0.376. The average Bonchev–Trinajstić information content (AvgIpc) is 3.26. The molecule has 1 aromatic carbocycles. The van der Waals surface area contributed by atoms with E-state index in [1.807, 2.05) is 0 Å². The van der Waals surface area contributed by atoms with Crippen LogP contribution in [0.2, 0.25) is 0 Å². The van der Waals surface area contributed by atoms with Gasteiger partial charge < -0.3 is 14.8 Å². The van der Waals surface area contributed by atoms with Crippen LogP contribution in [0.3, 0.4) is 0 Å². The minimum absolute atomic E-state index is 0.112. The number of nitrogens with one attached hydrogen (secondary N) is 1. The van der Waals surface area contributed by atoms with E-state index in [-0.39, 0.29) is 18.1 Å². The molecule has 0 aliphatic carbocycles. The van der Waals surface area contributed by atoms with Gasteiger partial charge in [-0.1, -0.05) is 0 Å². The van der Waals surface area contributed by atoms with Crippen molar-refractivity contribution in [2.24, 2.45) is 0 Å². The summed E-state index contributed by atoms with van der Waals surface area (Å²) in [6, 6.07) is 4.04. The van der Waals surface area contributed by atoms with Crippen molar-refractivity contribution in [3.63, 3.8) is 0 Å². The quantitative estimate of drug-likeness (QED) is 0.494. The molecule has 4 rings (SSSR count). The van der Waals surface area contributed by atoms with Crippen LogP contribution in [0.5, 0.6) is 5.88 Å². The molecule has 1 fully saturated rings. The average molecular weight is 433 g/mol. The molecule has 1 aliphatic heterocycles. The number of nitrogens with zero attached hydrogens (tertiary/aromatic N) is 2. The van der Waals surface area contributed by atoms with Gasteiger partial charge in [0.05, 0.1) is 28.9 Å². The highest BCUT2D eigenvalue weighted by Crippen LogP contribution is 2.25. The molecule has 10 heteroatoms. The number of cyclic esters (lactones) is 1. The van der Waals surface area contributed by atoms with Crippen LogP contribution in [-0.2, 0) is 16.1 Å². The van der Waals surface area contributed by atoms with Crippen molar-refractivity contribution in [3.8, 4) is 5.88 Å². The second kappa shape index (κ2) is 7.93. The van der Waals surface area contributed by atoms with E-state index in [9.17, 15) is 22.8 Å². The summed E-state index contributed by atoms with van der Waals surface area (Å²) in [7, 11) is 0. The molecule has 162 valence electrons. The molecule has 0 unspecified atom stereocenters. The largest absolute Gasteiger partial charge is 0.473 e. The third kappa shape index (κ3) is 3.80. The van der Waals surface area contributed by atoms with Crippen molar-refractivity contribution >= 4 is 17.4 Å². The predicted molar refractivity (Wildman–Crippen MR) is 102 cm³/mol. The van der Waals surface area contributed by atoms with Crippen molar-refractivity contribution < 1.29 is 32.2 Å². The molecule has 3 aromatic rings. The maximum atomic E-state index is 13.9. The summed E-state index contributed by atoms with van der Waals surface area (Å²) in [5.41, 5.74) is 1.11. The van der Waals surface area contributed by atoms with Gasteiger partial charge in [-0.2, -0.15) is 9.61 Å². The van der Waals surface area contributed by atoms with Gasteiger partial charge in [0.2, 0.25) is 5.88 Å². The normalized spacial score (nSPS) is 15.9. The second-order valence-electron chi connectivity index (χ2n) is 7.22. The van der Waals surface area contributed by atoms with Crippen LogP contribution < -0.4 is 10.1 Å². The molecule has 1 aliphatic rings. The Morgan fingerprint density at radius 2 is 2.00 bits per heavy atom. The molecular weight excluding hydrogens is 415 g/mol. The van der Waals surface area contributed by atoms with Crippen LogP contribution in [0.25, 0.3) is 5.52 Å². The van der Waals surface area contributed by atoms with E-state index in [0.29, 0.717) is 29.3 Å². The van der Waals surface area contributed by atoms with Crippen molar-refractivity contribution in [2.75, 3.05) is 6.61 Å². The maximum absolute atomic E-state index is 13.9. The first kappa shape index (κ1) is 20.7. The number of amides is 1. The second-order valence-corrected chi connectivity index (χ2v) is 7.22. The standard InChI is InChI=1S/C21H18F3N3O4/c1-10-7-16-18(20(28)25-15-5-6-30-21(15)29)11(2)26-27(16)17(8-10)31-9-12-13(22)3-4-14(23)19(12)24/h3-4,7-8,15H,5-6,9H2,1-2H3,(H,25,28)/t15-/m0/s1. The van der Waals surface area contributed by atoms with Crippen LogP contribution in [0, 0.1) is 31.3 Å². The van der Waals surface area contributed by atoms with E-state index in [1.54, 1.807) is 26.0 Å². The van der Waals surface area contributed by atoms with Gasteiger partial charge in [-0.05, 0) is 37.6 Å². The molecule has 3 heterocycles. The number of aryl methyl sites for hydroxylation is 2. The van der Waals surface area contributed by atoms with E-state index in [1.165, 1.54) is 4.52 Å². The topological polar surface area (TPSA) is 81.9 Å². The summed E-state index contributed by atoms with van der Waals surface area (Å²) in [5, 5.41) is 6.93. The summed E-state index contributed by atoms with van der Waals surface area (Å²) < 4.78 is 53.1. The third-order valence-electron chi connectivity index (χ3n) is 4.99. The van der Waals surface area contributed by atoms with Gasteiger partial charge in [0.25, 0.3) is 5.91 Å². The number of rotatable bonds is 5. The number of pyridine rings is 1. The van der Waals surface area contributed by atoms with Crippen LogP contribution in [0.1, 0.15) is 33.6 Å². The minimum atomic E-state index is -1.33. The SMILES string of the molecule is Cc1cc(OCc2c(F)ccc(F)c2F)n2nc(C)c(C(=O)N[C@H]3CCOC3=O)c2c1. The number of aromatic nitrogens is 2. The minimum Gasteiger partial charge on any atom is -0.473 e. The first-order valence-corrected chi connectivity index (χ1v) is 9.49. The molecule has 0 bridgehead atoms. The molecular formula is C21H18F3N3O4. The Bertz CT molecular complexity index is 1210. The predicted octanol–water partition coefficient (Wildman–Crippen LogP) is 2.99. The Kier molecular flexibility index (Phi) is 5.30. The van der Waals surface area contributed by atoms with Gasteiger partial charge in [-0.25, -0.2) is 18.0 Å². The van der Waals surface area contributed by atoms with Gasteiger partial charge in [-0.3, -0.25) is 4.79 Å². The number of hydrogen-bond acceptors (Lipinski definition) is 5. The number of halogens is 3. The van der Waals surface area contributed by atoms with Gasteiger partial charge >= 0.3 is 5.97 Å². The number of carbonyl (C=O) groups is 2. The highest BCUT2D eigenvalue weighted by atomic mass is 19.2. The number of hydrogen-bond donors (Lipinski definition) is 1. The summed E-state index contributed by atoms with van der Waals surface area (Å²) >= 11 is 0. The van der Waals surface area contributed by atoms with Crippen molar-refractivity contribution in [1.29, 1.82) is 0 Å². The highest BCUT2D eigenvalue weighted by molar-refractivity contribution is 6.03. The third-order valence-corrected chi connectivity index (χ3v) is 4.99. The first-order chi connectivity index (χ1) is 14.8. The fourth-order valence-corrected chi connectivity index (χ4v) is 3.45. The number of ether oxygens (including phenoxy) is 2. The molecule has 0 spiro atoms. The molecule has 1 saturated heterocycles. The summed E-state index contributed by atoms with van der Waals surface area (Å²) in [4.78, 5) is 24.5. The maximum Gasteiger partial charge on any atom is 0.328 e. The Hall–Kier alpha value is -3.56. The van der Waals surface area contributed by atoms with E-state index in [4.69, 9.17) is 9.47 Å². The lowest BCUT2D eigenvalue weighted by atomic mass is 10.1. The summed E-state index contributed by atoms with van der Waals surface area (Å²) in [5.74, 6) is -4.35. The van der Waals surface area contributed by atoms with Crippen LogP contribution in [0.4, 0.5) is 13.2 Å². The lowest BCUT2D eigenvalue weighted by Crippen LogP contribution is -2.38. The van der Waals surface area contributed by atoms with E-state index in [2.05, 4.69) is 10.4 Å². The Morgan fingerprint density at radius 3 is 2.71 bits per heavy atom. The van der Waals surface area contributed by atoms with Crippen molar-refractivity contribution in [3.05, 3.63) is 64.1 Å². The Morgan fingerprint density at radius 1 is 1.26 bits per heavy atom. The number of esters is 1. The van der Waals surface area contributed by atoms with Crippen LogP contribution in [-0.4, -0.2) is 34.1 Å². The molecule has 0 saturated carbocycles. The lowest BCUT2D eigenvalue weighted by Gasteiger charge is -2.12. The smallest absolute Gasteiger partial charge is 0.328 e. The molecule has 1 N–H and O–H groups in total. The molecule has 2 aromatic heterocycles. The van der Waals surface area contributed by atoms with E-state index < -0.39 is 47.5 Å². The number of fused-ring (bicyclic) bond motifs is 1. The molecule has 0 radical (unpaired) electrons. The number of benzene rings is 1. The van der Waals surface area contributed by atoms with Crippen LogP contribution >= 0.6 is 0 Å². The number of carbonyl (C=O) groups excluding carboxylic acids is 2. The zero-order chi connectivity index (χ0) is 22.3. The molecule has 1 amide bonds. The highest BCUT2D eigenvalue weighted by Gasteiger charge is 2.30. The van der Waals surface area contributed by atoms with Crippen molar-refractivity contribution in [2.45, 2.75) is 32.9 Å². The zero-order valence-electron chi connectivity index (χ0n) is 16.7. The Labute approximate surface area is 174 Å². The van der Waals surface area contributed by atoms with Gasteiger partial charge in [0.15, 0.2) is 11.6 Å². The van der Waals surface area contributed by atoms with Crippen LogP contribution in [0.15, 0.2) is 24.3 Å². The molecule has 1 atom stereocenters. The van der Waals surface area contributed by atoms with E-state index >= 15 is 0 Å². The first-order valence-electron chi connectivity index (χ1n) is 9.49.